The summed E-state index contributed by atoms with van der Waals surface area (Å²) >= 11 is 0. The predicted molar refractivity (Wildman–Crippen MR) is 76.6 cm³/mol. The third-order valence-corrected chi connectivity index (χ3v) is 3.67. The van der Waals surface area contributed by atoms with Crippen molar-refractivity contribution in [3.05, 3.63) is 78.0 Å². The Morgan fingerprint density at radius 1 is 1.11 bits per heavy atom. The summed E-state index contributed by atoms with van der Waals surface area (Å²) in [4.78, 5) is 4.41. The first-order chi connectivity index (χ1) is 9.40. The Kier molecular flexibility index (Phi) is 2.35. The van der Waals surface area contributed by atoms with Crippen LogP contribution in [0.3, 0.4) is 0 Å². The molecule has 1 aromatic heterocycles. The average Bonchev–Trinajstić information content (AvgIpc) is 2.90. The third-order valence-electron chi connectivity index (χ3n) is 3.67. The van der Waals surface area contributed by atoms with Crippen LogP contribution in [-0.4, -0.2) is 11.0 Å². The summed E-state index contributed by atoms with van der Waals surface area (Å²) in [6, 6.07) is 10.8. The van der Waals surface area contributed by atoms with Crippen LogP contribution in [0.15, 0.2) is 66.3 Å². The average molecular weight is 245 g/mol. The summed E-state index contributed by atoms with van der Waals surface area (Å²) < 4.78 is 0. The number of hydrogen-bond donors (Lipinski definition) is 1. The minimum Gasteiger partial charge on any atom is -0.296 e. The first kappa shape index (κ1) is 10.7. The van der Waals surface area contributed by atoms with E-state index >= 15 is 0 Å². The summed E-state index contributed by atoms with van der Waals surface area (Å²) in [7, 11) is 0. The van der Waals surface area contributed by atoms with Crippen molar-refractivity contribution in [2.75, 3.05) is 0 Å². The first-order valence-electron chi connectivity index (χ1n) is 6.50. The van der Waals surface area contributed by atoms with Crippen LogP contribution < -0.4 is 5.32 Å². The molecule has 1 N–H and O–H groups in total. The molecular weight excluding hydrogens is 232 g/mol. The standard InChI is InChI=1S/C17H13N2/c1-3-7-15-12(5-1)9-14(11-18-15)17-10-13-6-2-4-8-16(13)19-17/h1-10,16-17,19H. The van der Waals surface area contributed by atoms with Gasteiger partial charge >= 0.3 is 0 Å². The fourth-order valence-electron chi connectivity index (χ4n) is 2.68. The molecule has 0 bridgehead atoms. The summed E-state index contributed by atoms with van der Waals surface area (Å²) in [5.41, 5.74) is 3.42. The molecule has 2 aromatic rings. The Bertz CT molecular complexity index is 725. The van der Waals surface area contributed by atoms with Gasteiger partial charge in [-0.25, -0.2) is 4.98 Å². The fraction of sp³-hybridized carbons (Fsp3) is 0.118. The molecule has 0 saturated carbocycles. The van der Waals surface area contributed by atoms with Gasteiger partial charge in [-0.05, 0) is 17.7 Å². The SMILES string of the molecule is [c]1nc2ccccc2cc1C1C=C2C=CC=CC2N1. The monoisotopic (exact) mass is 245 g/mol. The second-order valence-corrected chi connectivity index (χ2v) is 4.91. The summed E-state index contributed by atoms with van der Waals surface area (Å²) in [6.45, 7) is 0. The zero-order chi connectivity index (χ0) is 12.7. The normalized spacial score (nSPS) is 24.5. The number of para-hydroxylation sites is 1. The maximum atomic E-state index is 4.41. The van der Waals surface area contributed by atoms with Crippen LogP contribution in [0.5, 0.6) is 0 Å². The van der Waals surface area contributed by atoms with E-state index in [0.29, 0.717) is 6.04 Å². The number of hydrogen-bond acceptors (Lipinski definition) is 2. The molecule has 2 unspecified atom stereocenters. The van der Waals surface area contributed by atoms with Crippen molar-refractivity contribution in [2.24, 2.45) is 0 Å². The molecule has 4 rings (SSSR count). The molecule has 1 radical (unpaired) electrons. The minimum absolute atomic E-state index is 0.199. The Labute approximate surface area is 112 Å². The van der Waals surface area contributed by atoms with Gasteiger partial charge in [-0.15, -0.1) is 0 Å². The van der Waals surface area contributed by atoms with Crippen molar-refractivity contribution in [1.29, 1.82) is 0 Å². The van der Waals surface area contributed by atoms with Crippen LogP contribution in [0.25, 0.3) is 10.9 Å². The van der Waals surface area contributed by atoms with Crippen LogP contribution in [0.2, 0.25) is 0 Å². The lowest BCUT2D eigenvalue weighted by Gasteiger charge is -2.14. The Morgan fingerprint density at radius 2 is 2.05 bits per heavy atom. The maximum absolute atomic E-state index is 4.41. The van der Waals surface area contributed by atoms with Crippen LogP contribution in [0.4, 0.5) is 0 Å². The molecule has 0 saturated heterocycles. The van der Waals surface area contributed by atoms with Crippen molar-refractivity contribution in [1.82, 2.24) is 10.3 Å². The molecule has 2 heterocycles. The highest BCUT2D eigenvalue weighted by Gasteiger charge is 2.24. The number of allylic oxidation sites excluding steroid dienone is 2. The van der Waals surface area contributed by atoms with Crippen molar-refractivity contribution >= 4 is 10.9 Å². The van der Waals surface area contributed by atoms with E-state index in [4.69, 9.17) is 0 Å². The predicted octanol–water partition coefficient (Wildman–Crippen LogP) is 3.10. The van der Waals surface area contributed by atoms with E-state index in [1.54, 1.807) is 0 Å². The van der Waals surface area contributed by atoms with Gasteiger partial charge < -0.3 is 0 Å². The Morgan fingerprint density at radius 3 is 3.00 bits per heavy atom. The van der Waals surface area contributed by atoms with Crippen LogP contribution in [0, 0.1) is 6.20 Å². The van der Waals surface area contributed by atoms with E-state index in [2.05, 4.69) is 59.0 Å². The minimum atomic E-state index is 0.199. The highest BCUT2D eigenvalue weighted by molar-refractivity contribution is 5.78. The van der Waals surface area contributed by atoms with Gasteiger partial charge in [0.2, 0.25) is 0 Å². The molecule has 0 spiro atoms. The smallest absolute Gasteiger partial charge is 0.0948 e. The molecule has 19 heavy (non-hydrogen) atoms. The molecule has 1 aliphatic carbocycles. The lowest BCUT2D eigenvalue weighted by atomic mass is 10.0. The Balaban J connectivity index is 1.74. The van der Waals surface area contributed by atoms with E-state index in [1.807, 2.05) is 18.2 Å². The van der Waals surface area contributed by atoms with Crippen molar-refractivity contribution in [3.63, 3.8) is 0 Å². The molecule has 0 fully saturated rings. The van der Waals surface area contributed by atoms with Crippen LogP contribution in [0.1, 0.15) is 11.6 Å². The van der Waals surface area contributed by atoms with Gasteiger partial charge in [0.1, 0.15) is 0 Å². The van der Waals surface area contributed by atoms with Gasteiger partial charge in [0.05, 0.1) is 23.8 Å². The molecule has 1 aliphatic heterocycles. The lowest BCUT2D eigenvalue weighted by molar-refractivity contribution is 0.641. The zero-order valence-corrected chi connectivity index (χ0v) is 10.4. The van der Waals surface area contributed by atoms with Gasteiger partial charge in [-0.2, -0.15) is 0 Å². The number of rotatable bonds is 1. The largest absolute Gasteiger partial charge is 0.296 e. The topological polar surface area (TPSA) is 24.9 Å². The van der Waals surface area contributed by atoms with Gasteiger partial charge in [-0.3, -0.25) is 5.32 Å². The highest BCUT2D eigenvalue weighted by Crippen LogP contribution is 2.28. The number of benzene rings is 1. The highest BCUT2D eigenvalue weighted by atomic mass is 15.0. The van der Waals surface area contributed by atoms with Gasteiger partial charge in [0.25, 0.3) is 0 Å². The number of aromatic nitrogens is 1. The van der Waals surface area contributed by atoms with Crippen molar-refractivity contribution in [2.45, 2.75) is 12.1 Å². The molecular formula is C17H13N2. The van der Waals surface area contributed by atoms with E-state index in [-0.39, 0.29) is 6.04 Å². The van der Waals surface area contributed by atoms with Crippen LogP contribution >= 0.6 is 0 Å². The van der Waals surface area contributed by atoms with Gasteiger partial charge in [0, 0.05) is 10.9 Å². The molecule has 2 nitrogen and oxygen atoms in total. The molecule has 91 valence electrons. The number of nitrogens with one attached hydrogen (secondary N) is 1. The molecule has 2 heteroatoms. The molecule has 2 aliphatic rings. The lowest BCUT2D eigenvalue weighted by Crippen LogP contribution is -2.25. The first-order valence-corrected chi connectivity index (χ1v) is 6.50. The molecule has 1 aromatic carbocycles. The van der Waals surface area contributed by atoms with Gasteiger partial charge in [-0.1, -0.05) is 48.6 Å². The summed E-state index contributed by atoms with van der Waals surface area (Å²) in [5, 5.41) is 4.74. The Hall–Kier alpha value is -2.19. The summed E-state index contributed by atoms with van der Waals surface area (Å²) in [5.74, 6) is 0. The van der Waals surface area contributed by atoms with E-state index in [0.717, 1.165) is 16.5 Å². The van der Waals surface area contributed by atoms with Crippen LogP contribution in [-0.2, 0) is 0 Å². The van der Waals surface area contributed by atoms with E-state index in [1.165, 1.54) is 5.57 Å². The fourth-order valence-corrected chi connectivity index (χ4v) is 2.68. The second-order valence-electron chi connectivity index (χ2n) is 4.91. The third kappa shape index (κ3) is 1.81. The molecule has 0 amide bonds. The van der Waals surface area contributed by atoms with E-state index in [9.17, 15) is 0 Å². The zero-order valence-electron chi connectivity index (χ0n) is 10.4. The quantitative estimate of drug-likeness (QED) is 0.835. The van der Waals surface area contributed by atoms with E-state index < -0.39 is 0 Å². The van der Waals surface area contributed by atoms with Crippen molar-refractivity contribution < 1.29 is 0 Å². The maximum Gasteiger partial charge on any atom is 0.0948 e. The molecule has 2 atom stereocenters. The summed E-state index contributed by atoms with van der Waals surface area (Å²) in [6.07, 6.45) is 13.9. The number of pyridine rings is 1. The number of nitrogens with zero attached hydrogens (tertiary/aromatic N) is 1. The van der Waals surface area contributed by atoms with Gasteiger partial charge in [0.15, 0.2) is 0 Å². The second kappa shape index (κ2) is 4.18. The van der Waals surface area contributed by atoms with Crippen molar-refractivity contribution in [3.8, 4) is 0 Å². The number of fused-ring (bicyclic) bond motifs is 2.